The molecule has 1 aliphatic rings. The summed E-state index contributed by atoms with van der Waals surface area (Å²) in [5.41, 5.74) is 0.690. The Labute approximate surface area is 169 Å². The van der Waals surface area contributed by atoms with E-state index in [1.807, 2.05) is 6.07 Å². The largest absolute Gasteiger partial charge is 0.351 e. The first kappa shape index (κ1) is 21.0. The van der Waals surface area contributed by atoms with Gasteiger partial charge in [-0.2, -0.15) is 4.31 Å². The molecule has 2 heterocycles. The van der Waals surface area contributed by atoms with Gasteiger partial charge in [0.1, 0.15) is 4.21 Å². The zero-order chi connectivity index (χ0) is 20.4. The van der Waals surface area contributed by atoms with Crippen molar-refractivity contribution in [3.63, 3.8) is 0 Å². The molecule has 3 rings (SSSR count). The first-order chi connectivity index (χ1) is 13.2. The molecule has 10 heteroatoms. The first-order valence-corrected chi connectivity index (χ1v) is 12.8. The molecule has 7 nitrogen and oxygen atoms in total. The minimum atomic E-state index is -3.78. The molecule has 1 N–H and O–H groups in total. The summed E-state index contributed by atoms with van der Waals surface area (Å²) in [7, 11) is -7.24. The van der Waals surface area contributed by atoms with Crippen LogP contribution in [0.1, 0.15) is 29.0 Å². The van der Waals surface area contributed by atoms with Crippen LogP contribution in [0.15, 0.2) is 46.7 Å². The van der Waals surface area contributed by atoms with Gasteiger partial charge in [0.15, 0.2) is 9.84 Å². The van der Waals surface area contributed by atoms with Crippen molar-refractivity contribution in [3.05, 3.63) is 52.9 Å². The minimum Gasteiger partial charge on any atom is -0.351 e. The summed E-state index contributed by atoms with van der Waals surface area (Å²) in [6, 6.07) is 12.1. The van der Waals surface area contributed by atoms with Crippen molar-refractivity contribution >= 4 is 37.1 Å². The van der Waals surface area contributed by atoms with Gasteiger partial charge in [0.05, 0.1) is 17.5 Å². The van der Waals surface area contributed by atoms with E-state index in [1.54, 1.807) is 30.3 Å². The van der Waals surface area contributed by atoms with Crippen LogP contribution >= 0.6 is 11.3 Å². The second-order valence-electron chi connectivity index (χ2n) is 6.59. The van der Waals surface area contributed by atoms with E-state index in [0.717, 1.165) is 16.2 Å². The summed E-state index contributed by atoms with van der Waals surface area (Å²) in [5, 5.41) is 1.93. The normalized spacial score (nSPS) is 20.4. The maximum Gasteiger partial charge on any atom is 0.252 e. The van der Waals surface area contributed by atoms with Crippen LogP contribution in [-0.2, 0) is 31.2 Å². The second kappa shape index (κ2) is 8.32. The first-order valence-electron chi connectivity index (χ1n) is 8.80. The van der Waals surface area contributed by atoms with Crippen LogP contribution in [0.4, 0.5) is 0 Å². The van der Waals surface area contributed by atoms with Crippen LogP contribution in [0.2, 0.25) is 0 Å². The minimum absolute atomic E-state index is 0.0626. The fourth-order valence-electron chi connectivity index (χ4n) is 3.14. The highest BCUT2D eigenvalue weighted by Crippen LogP contribution is 2.32. The Morgan fingerprint density at radius 3 is 2.57 bits per heavy atom. The summed E-state index contributed by atoms with van der Waals surface area (Å²) in [4.78, 5) is 11.7. The summed E-state index contributed by atoms with van der Waals surface area (Å²) in [5.74, 6) is -0.405. The van der Waals surface area contributed by atoms with E-state index in [0.29, 0.717) is 5.56 Å². The molecular weight excluding hydrogens is 420 g/mol. The van der Waals surface area contributed by atoms with Crippen molar-refractivity contribution in [3.8, 4) is 0 Å². The predicted octanol–water partition coefficient (Wildman–Crippen LogP) is 1.93. The van der Waals surface area contributed by atoms with E-state index in [9.17, 15) is 21.6 Å². The predicted molar refractivity (Wildman–Crippen MR) is 108 cm³/mol. The van der Waals surface area contributed by atoms with E-state index >= 15 is 0 Å². The molecule has 1 fully saturated rings. The Bertz CT molecular complexity index is 1050. The van der Waals surface area contributed by atoms with Crippen LogP contribution < -0.4 is 5.32 Å². The molecule has 152 valence electrons. The van der Waals surface area contributed by atoms with Crippen molar-refractivity contribution in [2.24, 2.45) is 0 Å². The fraction of sp³-hybridized carbons (Fsp3) is 0.389. The molecule has 1 aromatic heterocycles. The van der Waals surface area contributed by atoms with Gasteiger partial charge in [-0.05, 0) is 24.1 Å². The number of carbonyl (C=O) groups excluding carboxylic acids is 1. The van der Waals surface area contributed by atoms with Gasteiger partial charge in [-0.1, -0.05) is 30.3 Å². The zero-order valence-electron chi connectivity index (χ0n) is 15.4. The van der Waals surface area contributed by atoms with Gasteiger partial charge < -0.3 is 5.32 Å². The van der Waals surface area contributed by atoms with Crippen molar-refractivity contribution in [2.45, 2.75) is 29.3 Å². The van der Waals surface area contributed by atoms with E-state index in [4.69, 9.17) is 0 Å². The number of nitrogens with one attached hydrogen (secondary N) is 1. The second-order valence-corrected chi connectivity index (χ2v) is 12.2. The third-order valence-corrected chi connectivity index (χ3v) is 10.2. The number of hydrogen-bond donors (Lipinski definition) is 1. The van der Waals surface area contributed by atoms with Gasteiger partial charge in [0.2, 0.25) is 5.91 Å². The lowest BCUT2D eigenvalue weighted by molar-refractivity contribution is -0.119. The Kier molecular flexibility index (Phi) is 6.23. The van der Waals surface area contributed by atoms with Gasteiger partial charge >= 0.3 is 0 Å². The number of benzene rings is 1. The van der Waals surface area contributed by atoms with Crippen LogP contribution in [0.25, 0.3) is 0 Å². The van der Waals surface area contributed by atoms with Gasteiger partial charge in [0.25, 0.3) is 10.0 Å². The number of thiophene rings is 1. The lowest BCUT2D eigenvalue weighted by atomic mass is 10.1. The molecule has 0 aliphatic carbocycles. The molecular formula is C18H22N2O5S3. The van der Waals surface area contributed by atoms with Gasteiger partial charge in [-0.3, -0.25) is 4.79 Å². The lowest BCUT2D eigenvalue weighted by Gasteiger charge is -2.18. The van der Waals surface area contributed by atoms with E-state index < -0.39 is 25.1 Å². The van der Waals surface area contributed by atoms with E-state index in [1.165, 1.54) is 17.3 Å². The number of amides is 1. The van der Waals surface area contributed by atoms with Gasteiger partial charge in [0, 0.05) is 24.9 Å². The molecule has 1 aromatic carbocycles. The summed E-state index contributed by atoms with van der Waals surface area (Å²) in [6.45, 7) is 1.74. The molecule has 1 atom stereocenters. The molecule has 1 saturated heterocycles. The Hall–Kier alpha value is -1.75. The topological polar surface area (TPSA) is 101 Å². The van der Waals surface area contributed by atoms with E-state index in [-0.39, 0.29) is 41.9 Å². The van der Waals surface area contributed by atoms with Gasteiger partial charge in [-0.25, -0.2) is 16.8 Å². The summed E-state index contributed by atoms with van der Waals surface area (Å²) >= 11 is 1.09. The van der Waals surface area contributed by atoms with Crippen molar-refractivity contribution in [1.29, 1.82) is 0 Å². The Morgan fingerprint density at radius 1 is 1.18 bits per heavy atom. The third kappa shape index (κ3) is 4.62. The summed E-state index contributed by atoms with van der Waals surface area (Å²) < 4.78 is 52.8. The molecule has 0 saturated carbocycles. The smallest absolute Gasteiger partial charge is 0.252 e. The number of sulfonamides is 1. The molecule has 2 aromatic rings. The maximum atomic E-state index is 13.0. The highest BCUT2D eigenvalue weighted by atomic mass is 32.2. The van der Waals surface area contributed by atoms with Crippen molar-refractivity contribution < 1.29 is 21.6 Å². The molecule has 1 aliphatic heterocycles. The van der Waals surface area contributed by atoms with E-state index in [2.05, 4.69) is 5.32 Å². The number of carbonyl (C=O) groups is 1. The quantitative estimate of drug-likeness (QED) is 0.763. The Morgan fingerprint density at radius 2 is 1.89 bits per heavy atom. The number of hydrogen-bond acceptors (Lipinski definition) is 6. The van der Waals surface area contributed by atoms with Crippen molar-refractivity contribution in [1.82, 2.24) is 9.62 Å². The average Bonchev–Trinajstić information content (AvgIpc) is 3.06. The van der Waals surface area contributed by atoms with Crippen LogP contribution in [0.5, 0.6) is 0 Å². The van der Waals surface area contributed by atoms with Crippen LogP contribution in [0.3, 0.4) is 0 Å². The molecule has 0 spiro atoms. The standard InChI is InChI=1S/C18H22N2O5S3/c1-14(21)19-13-16-7-8-18(26-16)28(24,25)20-10-9-17(27(22,23)12-11-20)15-5-3-2-4-6-15/h2-8,17H,9-13H2,1H3,(H,19,21)/t17-/m0/s1. The molecule has 0 unspecified atom stereocenters. The number of nitrogens with zero attached hydrogens (tertiary/aromatic N) is 1. The summed E-state index contributed by atoms with van der Waals surface area (Å²) in [6.07, 6.45) is 0.218. The third-order valence-electron chi connectivity index (χ3n) is 4.61. The van der Waals surface area contributed by atoms with Crippen LogP contribution in [-0.4, -0.2) is 45.9 Å². The Balaban J connectivity index is 1.80. The number of sulfone groups is 1. The molecule has 0 bridgehead atoms. The maximum absolute atomic E-state index is 13.0. The zero-order valence-corrected chi connectivity index (χ0v) is 17.8. The fourth-order valence-corrected chi connectivity index (χ4v) is 7.95. The average molecular weight is 443 g/mol. The SMILES string of the molecule is CC(=O)NCc1ccc(S(=O)(=O)N2CC[C@@H](c3ccccc3)S(=O)(=O)CC2)s1. The number of rotatable bonds is 5. The molecule has 1 amide bonds. The molecule has 0 radical (unpaired) electrons. The highest BCUT2D eigenvalue weighted by molar-refractivity contribution is 7.92. The van der Waals surface area contributed by atoms with Crippen LogP contribution in [0, 0.1) is 0 Å². The molecule has 28 heavy (non-hydrogen) atoms. The highest BCUT2D eigenvalue weighted by Gasteiger charge is 2.36. The monoisotopic (exact) mass is 442 g/mol. The van der Waals surface area contributed by atoms with Crippen molar-refractivity contribution in [2.75, 3.05) is 18.8 Å². The lowest BCUT2D eigenvalue weighted by Crippen LogP contribution is -2.33. The van der Waals surface area contributed by atoms with Gasteiger partial charge in [-0.15, -0.1) is 11.3 Å².